The molecule has 0 heterocycles. The number of ether oxygens (including phenoxy) is 1. The van der Waals surface area contributed by atoms with Crippen molar-refractivity contribution < 1.29 is 13.5 Å². The Bertz CT molecular complexity index is 325. The quantitative estimate of drug-likeness (QED) is 0.379. The fourth-order valence-electron chi connectivity index (χ4n) is 3.12. The predicted octanol–water partition coefficient (Wildman–Crippen LogP) is 3.02. The lowest BCUT2D eigenvalue weighted by Crippen LogP contribution is -2.65. The highest BCUT2D eigenvalue weighted by atomic mass is 127. The van der Waals surface area contributed by atoms with Gasteiger partial charge in [0.25, 0.3) is 6.43 Å². The molecule has 1 rings (SSSR count). The lowest BCUT2D eigenvalue weighted by molar-refractivity contribution is -0.133. The smallest absolute Gasteiger partial charge is 0.255 e. The summed E-state index contributed by atoms with van der Waals surface area (Å²) in [6.45, 7) is 6.63. The number of aliphatic imine (C=N–C) groups is 1. The Kier molecular flexibility index (Phi) is 9.68. The summed E-state index contributed by atoms with van der Waals surface area (Å²) in [5.74, 6) is 0.441. The standard InChI is InChI=1S/C14H27F2N3O.HI/c1-5-14(6-2)10(8-11(14)20-7-3)19-13(17-4)18-9-12(15)16;/h10-12H,5-9H2,1-4H3,(H2,17,18,19);1H. The minimum Gasteiger partial charge on any atom is -0.378 e. The Morgan fingerprint density at radius 3 is 2.38 bits per heavy atom. The molecule has 2 N–H and O–H groups in total. The zero-order valence-electron chi connectivity index (χ0n) is 13.3. The first-order valence-electron chi connectivity index (χ1n) is 7.40. The molecule has 21 heavy (non-hydrogen) atoms. The van der Waals surface area contributed by atoms with Crippen LogP contribution in [-0.2, 0) is 4.74 Å². The minimum absolute atomic E-state index is 0. The third-order valence-electron chi connectivity index (χ3n) is 4.43. The summed E-state index contributed by atoms with van der Waals surface area (Å²) in [6, 6.07) is 0.220. The van der Waals surface area contributed by atoms with E-state index in [9.17, 15) is 8.78 Å². The molecule has 1 fully saturated rings. The summed E-state index contributed by atoms with van der Waals surface area (Å²) in [4.78, 5) is 4.01. The summed E-state index contributed by atoms with van der Waals surface area (Å²) in [5.41, 5.74) is 0.0679. The predicted molar refractivity (Wildman–Crippen MR) is 92.8 cm³/mol. The van der Waals surface area contributed by atoms with Crippen LogP contribution in [0.15, 0.2) is 4.99 Å². The van der Waals surface area contributed by atoms with Gasteiger partial charge in [0.05, 0.1) is 12.6 Å². The van der Waals surface area contributed by atoms with E-state index in [1.165, 1.54) is 0 Å². The number of rotatable bonds is 7. The molecule has 1 saturated carbocycles. The van der Waals surface area contributed by atoms with Crippen molar-refractivity contribution in [3.63, 3.8) is 0 Å². The summed E-state index contributed by atoms with van der Waals surface area (Å²) in [7, 11) is 1.60. The number of hydrogen-bond donors (Lipinski definition) is 2. The topological polar surface area (TPSA) is 45.6 Å². The number of nitrogens with one attached hydrogen (secondary N) is 2. The fourth-order valence-corrected chi connectivity index (χ4v) is 3.12. The first-order chi connectivity index (χ1) is 9.53. The molecule has 0 aromatic heterocycles. The molecule has 0 amide bonds. The van der Waals surface area contributed by atoms with E-state index in [2.05, 4.69) is 29.5 Å². The molecule has 126 valence electrons. The first-order valence-corrected chi connectivity index (χ1v) is 7.40. The third kappa shape index (κ3) is 4.91. The van der Waals surface area contributed by atoms with Crippen LogP contribution in [0.4, 0.5) is 8.78 Å². The number of nitrogens with zero attached hydrogens (tertiary/aromatic N) is 1. The van der Waals surface area contributed by atoms with Gasteiger partial charge in [0.2, 0.25) is 0 Å². The van der Waals surface area contributed by atoms with Crippen LogP contribution in [0.25, 0.3) is 0 Å². The maximum absolute atomic E-state index is 12.2. The summed E-state index contributed by atoms with van der Waals surface area (Å²) in [6.07, 6.45) is 0.752. The van der Waals surface area contributed by atoms with Crippen LogP contribution in [0.3, 0.4) is 0 Å². The van der Waals surface area contributed by atoms with Gasteiger partial charge in [-0.15, -0.1) is 24.0 Å². The van der Waals surface area contributed by atoms with Crippen molar-refractivity contribution in [1.29, 1.82) is 0 Å². The van der Waals surface area contributed by atoms with Crippen molar-refractivity contribution in [2.45, 2.75) is 58.6 Å². The maximum atomic E-state index is 12.2. The molecule has 0 aliphatic heterocycles. The van der Waals surface area contributed by atoms with Crippen LogP contribution >= 0.6 is 24.0 Å². The molecule has 1 aliphatic carbocycles. The normalized spacial score (nSPS) is 24.2. The van der Waals surface area contributed by atoms with E-state index in [1.807, 2.05) is 6.92 Å². The van der Waals surface area contributed by atoms with Crippen molar-refractivity contribution >= 4 is 29.9 Å². The Balaban J connectivity index is 0.00000400. The van der Waals surface area contributed by atoms with E-state index >= 15 is 0 Å². The highest BCUT2D eigenvalue weighted by Gasteiger charge is 2.53. The Morgan fingerprint density at radius 2 is 1.95 bits per heavy atom. The van der Waals surface area contributed by atoms with Crippen LogP contribution in [0.1, 0.15) is 40.0 Å². The molecule has 1 aliphatic rings. The maximum Gasteiger partial charge on any atom is 0.255 e. The van der Waals surface area contributed by atoms with Crippen LogP contribution < -0.4 is 10.6 Å². The van der Waals surface area contributed by atoms with Gasteiger partial charge in [0.1, 0.15) is 0 Å². The summed E-state index contributed by atoms with van der Waals surface area (Å²) in [5, 5.41) is 5.91. The van der Waals surface area contributed by atoms with Crippen LogP contribution in [0.5, 0.6) is 0 Å². The van der Waals surface area contributed by atoms with Gasteiger partial charge in [-0.1, -0.05) is 13.8 Å². The molecule has 0 aromatic carbocycles. The van der Waals surface area contributed by atoms with Crippen molar-refractivity contribution in [3.05, 3.63) is 0 Å². The molecule has 0 bridgehead atoms. The van der Waals surface area contributed by atoms with Gasteiger partial charge in [-0.2, -0.15) is 0 Å². The Morgan fingerprint density at radius 1 is 1.33 bits per heavy atom. The molecular formula is C14H28F2IN3O. The number of halogens is 3. The third-order valence-corrected chi connectivity index (χ3v) is 4.43. The zero-order valence-corrected chi connectivity index (χ0v) is 15.6. The van der Waals surface area contributed by atoms with Gasteiger partial charge in [-0.25, -0.2) is 8.78 Å². The van der Waals surface area contributed by atoms with Gasteiger partial charge >= 0.3 is 0 Å². The lowest BCUT2D eigenvalue weighted by atomic mass is 9.58. The van der Waals surface area contributed by atoms with Crippen molar-refractivity contribution in [2.24, 2.45) is 10.4 Å². The SMILES string of the molecule is CCOC1CC(NC(=NC)NCC(F)F)C1(CC)CC.I. The molecule has 4 nitrogen and oxygen atoms in total. The molecule has 0 saturated heterocycles. The van der Waals surface area contributed by atoms with Crippen molar-refractivity contribution in [2.75, 3.05) is 20.2 Å². The molecule has 7 heteroatoms. The average molecular weight is 419 g/mol. The van der Waals surface area contributed by atoms with Gasteiger partial charge in [0, 0.05) is 25.1 Å². The van der Waals surface area contributed by atoms with Gasteiger partial charge in [-0.05, 0) is 26.2 Å². The summed E-state index contributed by atoms with van der Waals surface area (Å²) < 4.78 is 30.3. The van der Waals surface area contributed by atoms with Crippen molar-refractivity contribution in [1.82, 2.24) is 10.6 Å². The van der Waals surface area contributed by atoms with Crippen LogP contribution in [0.2, 0.25) is 0 Å². The minimum atomic E-state index is -2.38. The lowest BCUT2D eigenvalue weighted by Gasteiger charge is -2.55. The Labute approximate surface area is 143 Å². The van der Waals surface area contributed by atoms with E-state index < -0.39 is 6.43 Å². The molecule has 0 radical (unpaired) electrons. The number of guanidine groups is 1. The van der Waals surface area contributed by atoms with E-state index in [4.69, 9.17) is 4.74 Å². The van der Waals surface area contributed by atoms with E-state index in [0.29, 0.717) is 12.6 Å². The highest BCUT2D eigenvalue weighted by molar-refractivity contribution is 14.0. The van der Waals surface area contributed by atoms with Gasteiger partial charge in [0.15, 0.2) is 5.96 Å². The zero-order chi connectivity index (χ0) is 15.2. The highest BCUT2D eigenvalue weighted by Crippen LogP contribution is 2.48. The molecular weight excluding hydrogens is 391 g/mol. The molecule has 0 aromatic rings. The van der Waals surface area contributed by atoms with Gasteiger partial charge in [-0.3, -0.25) is 4.99 Å². The van der Waals surface area contributed by atoms with Crippen LogP contribution in [-0.4, -0.2) is 44.7 Å². The van der Waals surface area contributed by atoms with E-state index in [0.717, 1.165) is 19.3 Å². The van der Waals surface area contributed by atoms with E-state index in [-0.39, 0.29) is 48.1 Å². The van der Waals surface area contributed by atoms with E-state index in [1.54, 1.807) is 7.05 Å². The first kappa shape index (κ1) is 20.8. The second-order valence-corrected chi connectivity index (χ2v) is 5.16. The number of hydrogen-bond acceptors (Lipinski definition) is 2. The Hall–Kier alpha value is -0.180. The van der Waals surface area contributed by atoms with Crippen molar-refractivity contribution in [3.8, 4) is 0 Å². The molecule has 0 spiro atoms. The fraction of sp³-hybridized carbons (Fsp3) is 0.929. The summed E-state index contributed by atoms with van der Waals surface area (Å²) >= 11 is 0. The monoisotopic (exact) mass is 419 g/mol. The number of alkyl halides is 2. The average Bonchev–Trinajstić information content (AvgIpc) is 2.42. The molecule has 2 atom stereocenters. The van der Waals surface area contributed by atoms with Crippen LogP contribution in [0, 0.1) is 5.41 Å². The second kappa shape index (κ2) is 9.76. The van der Waals surface area contributed by atoms with Gasteiger partial charge < -0.3 is 15.4 Å². The largest absolute Gasteiger partial charge is 0.378 e. The second-order valence-electron chi connectivity index (χ2n) is 5.16. The molecule has 2 unspecified atom stereocenters.